The topological polar surface area (TPSA) is 137 Å². The standard InChI is InChI=1S/C9H12N4O4S2/c1-17-7-3-2-5(4-6(7)8(10)14)19(15,16)13-12-9(11)18/h2-4,13H,1H3,(H2,10,14)(H3,11,12,18). The highest BCUT2D eigenvalue weighted by Gasteiger charge is 2.18. The number of ether oxygens (including phenoxy) is 1. The highest BCUT2D eigenvalue weighted by atomic mass is 32.2. The molecule has 0 aliphatic carbocycles. The number of nitrogens with one attached hydrogen (secondary N) is 2. The Hall–Kier alpha value is -1.91. The number of thiocarbonyl (C=S) groups is 1. The summed E-state index contributed by atoms with van der Waals surface area (Å²) in [6.07, 6.45) is 0. The van der Waals surface area contributed by atoms with Crippen molar-refractivity contribution in [2.24, 2.45) is 11.5 Å². The number of amides is 1. The van der Waals surface area contributed by atoms with Crippen LogP contribution in [0.25, 0.3) is 0 Å². The minimum atomic E-state index is -3.93. The Morgan fingerprint density at radius 3 is 2.47 bits per heavy atom. The molecule has 1 amide bonds. The van der Waals surface area contributed by atoms with Gasteiger partial charge in [-0.25, -0.2) is 8.42 Å². The zero-order chi connectivity index (χ0) is 14.6. The van der Waals surface area contributed by atoms with Gasteiger partial charge in [-0.15, -0.1) is 4.83 Å². The lowest BCUT2D eigenvalue weighted by molar-refractivity contribution is 0.0997. The fourth-order valence-electron chi connectivity index (χ4n) is 1.22. The molecule has 19 heavy (non-hydrogen) atoms. The summed E-state index contributed by atoms with van der Waals surface area (Å²) in [6, 6.07) is 3.65. The van der Waals surface area contributed by atoms with Crippen molar-refractivity contribution < 1.29 is 17.9 Å². The number of benzene rings is 1. The Morgan fingerprint density at radius 1 is 1.37 bits per heavy atom. The van der Waals surface area contributed by atoms with Crippen molar-refractivity contribution in [2.45, 2.75) is 4.90 Å². The summed E-state index contributed by atoms with van der Waals surface area (Å²) in [5.74, 6) is -0.634. The predicted molar refractivity (Wildman–Crippen MR) is 71.8 cm³/mol. The monoisotopic (exact) mass is 304 g/mol. The average molecular weight is 304 g/mol. The second kappa shape index (κ2) is 5.82. The molecule has 1 aromatic rings. The van der Waals surface area contributed by atoms with Crippen molar-refractivity contribution in [1.82, 2.24) is 10.3 Å². The molecular weight excluding hydrogens is 292 g/mol. The molecule has 0 saturated heterocycles. The van der Waals surface area contributed by atoms with Gasteiger partial charge in [-0.3, -0.25) is 10.2 Å². The van der Waals surface area contributed by atoms with Crippen LogP contribution >= 0.6 is 12.2 Å². The number of carbonyl (C=O) groups excluding carboxylic acids is 1. The number of rotatable bonds is 5. The quantitative estimate of drug-likeness (QED) is 0.397. The summed E-state index contributed by atoms with van der Waals surface area (Å²) in [6.45, 7) is 0. The molecule has 0 radical (unpaired) electrons. The van der Waals surface area contributed by atoms with E-state index in [1.165, 1.54) is 19.2 Å². The minimum absolute atomic E-state index is 0.0549. The van der Waals surface area contributed by atoms with Crippen molar-refractivity contribution in [1.29, 1.82) is 0 Å². The molecule has 1 aromatic carbocycles. The molecule has 0 spiro atoms. The van der Waals surface area contributed by atoms with Gasteiger partial charge < -0.3 is 16.2 Å². The Morgan fingerprint density at radius 2 is 2.00 bits per heavy atom. The number of carbonyl (C=O) groups is 1. The van der Waals surface area contributed by atoms with E-state index >= 15 is 0 Å². The highest BCUT2D eigenvalue weighted by molar-refractivity contribution is 7.89. The Bertz CT molecular complexity index is 615. The number of hydrazine groups is 1. The number of methoxy groups -OCH3 is 1. The van der Waals surface area contributed by atoms with Crippen LogP contribution in [0.3, 0.4) is 0 Å². The minimum Gasteiger partial charge on any atom is -0.496 e. The molecule has 0 aromatic heterocycles. The fraction of sp³-hybridized carbons (Fsp3) is 0.111. The number of hydrogen-bond donors (Lipinski definition) is 4. The molecule has 6 N–H and O–H groups in total. The van der Waals surface area contributed by atoms with E-state index in [2.05, 4.69) is 17.6 Å². The van der Waals surface area contributed by atoms with Gasteiger partial charge >= 0.3 is 0 Å². The first kappa shape index (κ1) is 15.1. The first-order valence-corrected chi connectivity index (χ1v) is 6.72. The molecular formula is C9H12N4O4S2. The van der Waals surface area contributed by atoms with Crippen LogP contribution in [0.1, 0.15) is 10.4 Å². The second-order valence-corrected chi connectivity index (χ2v) is 5.44. The molecule has 0 heterocycles. The van der Waals surface area contributed by atoms with Crippen LogP contribution < -0.4 is 26.5 Å². The molecule has 104 valence electrons. The van der Waals surface area contributed by atoms with Crippen LogP contribution in [0.15, 0.2) is 23.1 Å². The molecule has 0 unspecified atom stereocenters. The van der Waals surface area contributed by atoms with Gasteiger partial charge in [-0.05, 0) is 30.4 Å². The maximum absolute atomic E-state index is 11.8. The van der Waals surface area contributed by atoms with Crippen molar-refractivity contribution in [3.8, 4) is 5.75 Å². The van der Waals surface area contributed by atoms with Crippen LogP contribution in [0, 0.1) is 0 Å². The summed E-state index contributed by atoms with van der Waals surface area (Å²) in [7, 11) is -2.59. The maximum Gasteiger partial charge on any atom is 0.257 e. The number of nitrogens with two attached hydrogens (primary N) is 2. The van der Waals surface area contributed by atoms with E-state index in [4.69, 9.17) is 16.2 Å². The third kappa shape index (κ3) is 3.77. The van der Waals surface area contributed by atoms with E-state index in [-0.39, 0.29) is 21.3 Å². The van der Waals surface area contributed by atoms with Gasteiger partial charge in [0.1, 0.15) is 5.75 Å². The summed E-state index contributed by atoms with van der Waals surface area (Å²) < 4.78 is 28.6. The van der Waals surface area contributed by atoms with Gasteiger partial charge in [-0.2, -0.15) is 0 Å². The number of primary amides is 1. The van der Waals surface area contributed by atoms with E-state index in [1.807, 2.05) is 4.83 Å². The van der Waals surface area contributed by atoms with E-state index in [1.54, 1.807) is 0 Å². The first-order chi connectivity index (χ1) is 8.77. The van der Waals surface area contributed by atoms with Crippen molar-refractivity contribution in [3.63, 3.8) is 0 Å². The zero-order valence-corrected chi connectivity index (χ0v) is 11.5. The molecule has 0 aliphatic rings. The van der Waals surface area contributed by atoms with Gasteiger partial charge in [-0.1, -0.05) is 0 Å². The Labute approximate surface area is 115 Å². The van der Waals surface area contributed by atoms with Crippen LogP contribution in [0.2, 0.25) is 0 Å². The average Bonchev–Trinajstić information content (AvgIpc) is 2.35. The van der Waals surface area contributed by atoms with E-state index in [0.717, 1.165) is 6.07 Å². The summed E-state index contributed by atoms with van der Waals surface area (Å²) in [5.41, 5.74) is 12.3. The first-order valence-electron chi connectivity index (χ1n) is 4.83. The molecule has 0 saturated carbocycles. The SMILES string of the molecule is COc1ccc(S(=O)(=O)NNC(N)=S)cc1C(N)=O. The Balaban J connectivity index is 3.18. The molecule has 8 nitrogen and oxygen atoms in total. The van der Waals surface area contributed by atoms with Gasteiger partial charge in [0.05, 0.1) is 17.6 Å². The third-order valence-electron chi connectivity index (χ3n) is 2.06. The number of hydrogen-bond acceptors (Lipinski definition) is 5. The van der Waals surface area contributed by atoms with Crippen molar-refractivity contribution in [2.75, 3.05) is 7.11 Å². The Kier molecular flexibility index (Phi) is 4.64. The van der Waals surface area contributed by atoms with Gasteiger partial charge in [0.25, 0.3) is 15.9 Å². The summed E-state index contributed by atoms with van der Waals surface area (Å²) in [5, 5.41) is -0.243. The van der Waals surface area contributed by atoms with Crippen LogP contribution in [-0.4, -0.2) is 26.5 Å². The van der Waals surface area contributed by atoms with E-state index in [9.17, 15) is 13.2 Å². The van der Waals surface area contributed by atoms with Crippen LogP contribution in [0.5, 0.6) is 5.75 Å². The largest absolute Gasteiger partial charge is 0.496 e. The zero-order valence-electron chi connectivity index (χ0n) is 9.84. The molecule has 0 fully saturated rings. The molecule has 0 bridgehead atoms. The summed E-state index contributed by atoms with van der Waals surface area (Å²) in [4.78, 5) is 12.9. The third-order valence-corrected chi connectivity index (χ3v) is 3.40. The summed E-state index contributed by atoms with van der Waals surface area (Å²) >= 11 is 4.47. The van der Waals surface area contributed by atoms with Crippen LogP contribution in [0.4, 0.5) is 0 Å². The number of sulfonamides is 1. The smallest absolute Gasteiger partial charge is 0.257 e. The van der Waals surface area contributed by atoms with Crippen molar-refractivity contribution in [3.05, 3.63) is 23.8 Å². The highest BCUT2D eigenvalue weighted by Crippen LogP contribution is 2.21. The van der Waals surface area contributed by atoms with Gasteiger partial charge in [0.15, 0.2) is 5.11 Å². The second-order valence-electron chi connectivity index (χ2n) is 3.32. The lowest BCUT2D eigenvalue weighted by Crippen LogP contribution is -2.44. The lowest BCUT2D eigenvalue weighted by atomic mass is 10.2. The predicted octanol–water partition coefficient (Wildman–Crippen LogP) is -1.18. The lowest BCUT2D eigenvalue weighted by Gasteiger charge is -2.10. The normalized spacial score (nSPS) is 10.8. The maximum atomic E-state index is 11.8. The molecule has 10 heteroatoms. The fourth-order valence-corrected chi connectivity index (χ4v) is 2.22. The van der Waals surface area contributed by atoms with Gasteiger partial charge in [0, 0.05) is 0 Å². The molecule has 0 aliphatic heterocycles. The van der Waals surface area contributed by atoms with E-state index < -0.39 is 15.9 Å². The van der Waals surface area contributed by atoms with Gasteiger partial charge in [0.2, 0.25) is 0 Å². The molecule has 0 atom stereocenters. The van der Waals surface area contributed by atoms with Crippen molar-refractivity contribution >= 4 is 33.3 Å². The van der Waals surface area contributed by atoms with E-state index in [0.29, 0.717) is 0 Å². The molecule has 1 rings (SSSR count). The van der Waals surface area contributed by atoms with Crippen LogP contribution in [-0.2, 0) is 10.0 Å².